The number of carboxylic acids is 1. The lowest BCUT2D eigenvalue weighted by Gasteiger charge is -2.34. The fraction of sp³-hybridized carbons (Fsp3) is 0.846. The minimum atomic E-state index is -0.810. The van der Waals surface area contributed by atoms with E-state index in [0.29, 0.717) is 45.1 Å². The smallest absolute Gasteiger partial charge is 0.317 e. The summed E-state index contributed by atoms with van der Waals surface area (Å²) >= 11 is 0. The summed E-state index contributed by atoms with van der Waals surface area (Å²) in [6.07, 6.45) is 2.41. The SMILES string of the molecule is CC(CCN)CCC(=O)N1CCN(CC(=O)O)CC1. The lowest BCUT2D eigenvalue weighted by atomic mass is 10.0. The average molecular weight is 271 g/mol. The molecule has 0 aliphatic carbocycles. The van der Waals surface area contributed by atoms with Gasteiger partial charge < -0.3 is 15.7 Å². The number of carboxylic acid groups (broad SMARTS) is 1. The molecule has 0 aromatic heterocycles. The van der Waals surface area contributed by atoms with E-state index in [4.69, 9.17) is 10.8 Å². The minimum absolute atomic E-state index is 0.0650. The highest BCUT2D eigenvalue weighted by molar-refractivity contribution is 5.76. The quantitative estimate of drug-likeness (QED) is 0.679. The first-order valence-electron chi connectivity index (χ1n) is 6.95. The Hall–Kier alpha value is -1.14. The Labute approximate surface area is 114 Å². The zero-order valence-corrected chi connectivity index (χ0v) is 11.7. The van der Waals surface area contributed by atoms with Gasteiger partial charge in [0.25, 0.3) is 0 Å². The van der Waals surface area contributed by atoms with Crippen LogP contribution in [0.15, 0.2) is 0 Å². The molecule has 1 amide bonds. The molecular formula is C13H25N3O3. The number of nitrogens with two attached hydrogens (primary N) is 1. The van der Waals surface area contributed by atoms with Gasteiger partial charge in [0.1, 0.15) is 0 Å². The van der Waals surface area contributed by atoms with Crippen LogP contribution in [0.4, 0.5) is 0 Å². The Morgan fingerprint density at radius 2 is 1.84 bits per heavy atom. The van der Waals surface area contributed by atoms with Gasteiger partial charge in [-0.2, -0.15) is 0 Å². The molecule has 1 rings (SSSR count). The van der Waals surface area contributed by atoms with Gasteiger partial charge in [0.15, 0.2) is 0 Å². The largest absolute Gasteiger partial charge is 0.480 e. The van der Waals surface area contributed by atoms with Crippen molar-refractivity contribution < 1.29 is 14.7 Å². The topological polar surface area (TPSA) is 86.9 Å². The van der Waals surface area contributed by atoms with Gasteiger partial charge in [-0.1, -0.05) is 6.92 Å². The van der Waals surface area contributed by atoms with Crippen molar-refractivity contribution in [2.75, 3.05) is 39.3 Å². The van der Waals surface area contributed by atoms with E-state index in [9.17, 15) is 9.59 Å². The van der Waals surface area contributed by atoms with Crippen LogP contribution in [0.1, 0.15) is 26.2 Å². The van der Waals surface area contributed by atoms with Gasteiger partial charge >= 0.3 is 5.97 Å². The third-order valence-electron chi connectivity index (χ3n) is 3.59. The van der Waals surface area contributed by atoms with Crippen LogP contribution >= 0.6 is 0 Å². The predicted molar refractivity (Wildman–Crippen MR) is 72.7 cm³/mol. The molecule has 0 saturated carbocycles. The summed E-state index contributed by atoms with van der Waals surface area (Å²) < 4.78 is 0. The van der Waals surface area contributed by atoms with Crippen molar-refractivity contribution in [3.8, 4) is 0 Å². The molecule has 0 bridgehead atoms. The average Bonchev–Trinajstić information content (AvgIpc) is 2.36. The molecule has 1 saturated heterocycles. The number of carbonyl (C=O) groups excluding carboxylic acids is 1. The first-order chi connectivity index (χ1) is 9.02. The fourth-order valence-electron chi connectivity index (χ4n) is 2.30. The lowest BCUT2D eigenvalue weighted by molar-refractivity contribution is -0.139. The number of rotatable bonds is 7. The van der Waals surface area contributed by atoms with E-state index in [2.05, 4.69) is 6.92 Å². The Kier molecular flexibility index (Phi) is 6.80. The maximum absolute atomic E-state index is 12.0. The normalized spacial score (nSPS) is 18.3. The minimum Gasteiger partial charge on any atom is -0.480 e. The predicted octanol–water partition coefficient (Wildman–Crippen LogP) is -0.0197. The molecule has 0 spiro atoms. The summed E-state index contributed by atoms with van der Waals surface area (Å²) in [6.45, 7) is 5.42. The van der Waals surface area contributed by atoms with Gasteiger partial charge in [-0.25, -0.2) is 0 Å². The van der Waals surface area contributed by atoms with Crippen molar-refractivity contribution in [3.05, 3.63) is 0 Å². The second-order valence-corrected chi connectivity index (χ2v) is 5.27. The van der Waals surface area contributed by atoms with E-state index in [1.807, 2.05) is 9.80 Å². The Morgan fingerprint density at radius 1 is 1.21 bits per heavy atom. The van der Waals surface area contributed by atoms with Crippen LogP contribution < -0.4 is 5.73 Å². The summed E-state index contributed by atoms with van der Waals surface area (Å²) in [4.78, 5) is 26.3. The summed E-state index contributed by atoms with van der Waals surface area (Å²) in [7, 11) is 0. The van der Waals surface area contributed by atoms with Crippen LogP contribution in [0.3, 0.4) is 0 Å². The molecule has 19 heavy (non-hydrogen) atoms. The van der Waals surface area contributed by atoms with E-state index in [-0.39, 0.29) is 12.5 Å². The summed E-state index contributed by atoms with van der Waals surface area (Å²) in [5.41, 5.74) is 5.48. The van der Waals surface area contributed by atoms with Crippen LogP contribution in [0.5, 0.6) is 0 Å². The number of hydrogen-bond acceptors (Lipinski definition) is 4. The number of piperazine rings is 1. The molecule has 0 aromatic rings. The van der Waals surface area contributed by atoms with Crippen molar-refractivity contribution in [2.45, 2.75) is 26.2 Å². The number of nitrogens with zero attached hydrogens (tertiary/aromatic N) is 2. The zero-order valence-electron chi connectivity index (χ0n) is 11.7. The molecule has 6 nitrogen and oxygen atoms in total. The summed E-state index contributed by atoms with van der Waals surface area (Å²) in [5.74, 6) is -0.142. The zero-order chi connectivity index (χ0) is 14.3. The molecule has 6 heteroatoms. The number of carbonyl (C=O) groups is 2. The Morgan fingerprint density at radius 3 is 2.37 bits per heavy atom. The van der Waals surface area contributed by atoms with Crippen molar-refractivity contribution >= 4 is 11.9 Å². The van der Waals surface area contributed by atoms with Crippen LogP contribution in [0.2, 0.25) is 0 Å². The van der Waals surface area contributed by atoms with Gasteiger partial charge in [-0.05, 0) is 25.3 Å². The van der Waals surface area contributed by atoms with Crippen molar-refractivity contribution in [1.82, 2.24) is 9.80 Å². The third kappa shape index (κ3) is 6.02. The highest BCUT2D eigenvalue weighted by Crippen LogP contribution is 2.12. The second kappa shape index (κ2) is 8.12. The maximum Gasteiger partial charge on any atom is 0.317 e. The van der Waals surface area contributed by atoms with Gasteiger partial charge in [0.2, 0.25) is 5.91 Å². The monoisotopic (exact) mass is 271 g/mol. The highest BCUT2D eigenvalue weighted by atomic mass is 16.4. The summed E-state index contributed by atoms with van der Waals surface area (Å²) in [6, 6.07) is 0. The van der Waals surface area contributed by atoms with Crippen molar-refractivity contribution in [2.24, 2.45) is 11.7 Å². The molecule has 0 radical (unpaired) electrons. The molecule has 1 atom stereocenters. The highest BCUT2D eigenvalue weighted by Gasteiger charge is 2.22. The fourth-order valence-corrected chi connectivity index (χ4v) is 2.30. The molecule has 1 heterocycles. The van der Waals surface area contributed by atoms with Crippen molar-refractivity contribution in [1.29, 1.82) is 0 Å². The Bertz CT molecular complexity index is 302. The molecule has 1 unspecified atom stereocenters. The lowest BCUT2D eigenvalue weighted by Crippen LogP contribution is -2.49. The maximum atomic E-state index is 12.0. The van der Waals surface area contributed by atoms with Gasteiger partial charge in [-0.3, -0.25) is 14.5 Å². The van der Waals surface area contributed by atoms with Crippen LogP contribution in [-0.2, 0) is 9.59 Å². The van der Waals surface area contributed by atoms with E-state index in [1.165, 1.54) is 0 Å². The van der Waals surface area contributed by atoms with E-state index >= 15 is 0 Å². The van der Waals surface area contributed by atoms with Crippen LogP contribution in [0.25, 0.3) is 0 Å². The third-order valence-corrected chi connectivity index (χ3v) is 3.59. The molecule has 1 aliphatic heterocycles. The molecule has 0 aromatic carbocycles. The van der Waals surface area contributed by atoms with Gasteiger partial charge in [0, 0.05) is 32.6 Å². The molecule has 110 valence electrons. The van der Waals surface area contributed by atoms with Gasteiger partial charge in [0.05, 0.1) is 6.54 Å². The Balaban J connectivity index is 2.23. The van der Waals surface area contributed by atoms with Crippen LogP contribution in [0, 0.1) is 5.92 Å². The number of amides is 1. The first-order valence-corrected chi connectivity index (χ1v) is 6.95. The molecule has 3 N–H and O–H groups in total. The first kappa shape index (κ1) is 15.9. The van der Waals surface area contributed by atoms with Crippen molar-refractivity contribution in [3.63, 3.8) is 0 Å². The molecule has 1 aliphatic rings. The molecule has 1 fully saturated rings. The van der Waals surface area contributed by atoms with Gasteiger partial charge in [-0.15, -0.1) is 0 Å². The van der Waals surface area contributed by atoms with E-state index in [1.54, 1.807) is 0 Å². The standard InChI is InChI=1S/C13H25N3O3/c1-11(4-5-14)2-3-12(17)16-8-6-15(7-9-16)10-13(18)19/h11H,2-10,14H2,1H3,(H,18,19). The second-order valence-electron chi connectivity index (χ2n) is 5.27. The van der Waals surface area contributed by atoms with E-state index in [0.717, 1.165) is 12.8 Å². The van der Waals surface area contributed by atoms with E-state index < -0.39 is 5.97 Å². The number of aliphatic carboxylic acids is 1. The number of hydrogen-bond donors (Lipinski definition) is 2. The molecular weight excluding hydrogens is 246 g/mol. The van der Waals surface area contributed by atoms with Crippen LogP contribution in [-0.4, -0.2) is 66.1 Å². The summed E-state index contributed by atoms with van der Waals surface area (Å²) in [5, 5.41) is 8.70.